The molecule has 37 heavy (non-hydrogen) atoms. The lowest BCUT2D eigenvalue weighted by molar-refractivity contribution is -1.09. The van der Waals surface area contributed by atoms with Gasteiger partial charge in [-0.15, -0.1) is 0 Å². The number of rotatable bonds is 12. The number of likely N-dealkylation sites (N-methyl/N-ethyl adjacent to an activating group) is 1. The highest BCUT2D eigenvalue weighted by Gasteiger charge is 2.20. The van der Waals surface area contributed by atoms with Crippen molar-refractivity contribution in [3.05, 3.63) is 24.3 Å². The van der Waals surface area contributed by atoms with E-state index in [2.05, 4.69) is 17.3 Å². The Bertz CT molecular complexity index is 916. The summed E-state index contributed by atoms with van der Waals surface area (Å²) in [7, 11) is 0.145. The van der Waals surface area contributed by atoms with Gasteiger partial charge in [-0.2, -0.15) is 21.5 Å². The first-order valence-electron chi connectivity index (χ1n) is 10.9. The Morgan fingerprint density at radius 1 is 1.05 bits per heavy atom. The number of hydrogen-bond acceptors (Lipinski definition) is 11. The van der Waals surface area contributed by atoms with Crippen LogP contribution in [0.4, 0.5) is 0 Å². The van der Waals surface area contributed by atoms with Crippen molar-refractivity contribution >= 4 is 32.2 Å². The molecule has 0 bridgehead atoms. The lowest BCUT2D eigenvalue weighted by Crippen LogP contribution is -2.42. The lowest BCUT2D eigenvalue weighted by atomic mass is 10.4. The predicted octanol–water partition coefficient (Wildman–Crippen LogP) is 1.39. The van der Waals surface area contributed by atoms with E-state index in [1.54, 1.807) is 21.0 Å². The van der Waals surface area contributed by atoms with E-state index in [1.165, 1.54) is 6.92 Å². The van der Waals surface area contributed by atoms with Gasteiger partial charge in [0.2, 0.25) is 0 Å². The van der Waals surface area contributed by atoms with Crippen LogP contribution in [0.1, 0.15) is 34.1 Å². The van der Waals surface area contributed by atoms with E-state index in [4.69, 9.17) is 18.9 Å². The van der Waals surface area contributed by atoms with Crippen molar-refractivity contribution in [1.29, 1.82) is 0 Å². The molecule has 0 unspecified atom stereocenters. The fraction of sp³-hybridized carbons (Fsp3) is 0.727. The van der Waals surface area contributed by atoms with E-state index >= 15 is 0 Å². The average molecular weight is 578 g/mol. The van der Waals surface area contributed by atoms with Crippen molar-refractivity contribution in [1.82, 2.24) is 4.90 Å². The molecule has 1 fully saturated rings. The molecular weight excluding hydrogens is 532 g/mol. The quantitative estimate of drug-likeness (QED) is 0.0519. The summed E-state index contributed by atoms with van der Waals surface area (Å²) in [6, 6.07) is 0. The highest BCUT2D eigenvalue weighted by molar-refractivity contribution is 7.86. The first-order chi connectivity index (χ1) is 16.3. The van der Waals surface area contributed by atoms with Crippen LogP contribution in [-0.4, -0.2) is 116 Å². The molecule has 1 aliphatic rings. The van der Waals surface area contributed by atoms with Gasteiger partial charge in [0.1, 0.15) is 27.3 Å². The average Bonchev–Trinajstić information content (AvgIpc) is 3.13. The molecule has 1 aliphatic heterocycles. The van der Waals surface area contributed by atoms with Gasteiger partial charge in [0.25, 0.3) is 27.0 Å². The van der Waals surface area contributed by atoms with Crippen LogP contribution in [0.15, 0.2) is 24.3 Å². The van der Waals surface area contributed by atoms with E-state index in [0.717, 1.165) is 6.54 Å². The Kier molecular flexibility index (Phi) is 20.6. The Hall–Kier alpha value is -1.88. The van der Waals surface area contributed by atoms with E-state index in [0.29, 0.717) is 30.8 Å². The molecule has 1 rings (SSSR count). The summed E-state index contributed by atoms with van der Waals surface area (Å²) in [5.41, 5.74) is 0.741. The fourth-order valence-electron chi connectivity index (χ4n) is 1.85. The first kappa shape index (κ1) is 39.6. The zero-order valence-electron chi connectivity index (χ0n) is 22.0. The van der Waals surface area contributed by atoms with Crippen molar-refractivity contribution in [2.45, 2.75) is 34.1 Å². The van der Waals surface area contributed by atoms with Gasteiger partial charge in [0.15, 0.2) is 0 Å². The largest absolute Gasteiger partial charge is 0.461 e. The van der Waals surface area contributed by atoms with E-state index in [1.807, 2.05) is 19.0 Å². The molecule has 1 heterocycles. The summed E-state index contributed by atoms with van der Waals surface area (Å²) in [5.74, 6) is -0.986. The summed E-state index contributed by atoms with van der Waals surface area (Å²) in [6.45, 7) is 11.7. The van der Waals surface area contributed by atoms with Gasteiger partial charge >= 0.3 is 11.9 Å². The normalized spacial score (nSPS) is 14.2. The molecule has 15 heteroatoms. The van der Waals surface area contributed by atoms with Crippen molar-refractivity contribution < 1.29 is 54.1 Å². The highest BCUT2D eigenvalue weighted by atomic mass is 32.2. The maximum atomic E-state index is 11.2. The Morgan fingerprint density at radius 3 is 1.92 bits per heavy atom. The second-order valence-electron chi connectivity index (χ2n) is 8.54. The van der Waals surface area contributed by atoms with Crippen molar-refractivity contribution in [2.24, 2.45) is 0 Å². The first-order valence-corrected chi connectivity index (χ1v) is 14.1. The van der Waals surface area contributed by atoms with Crippen LogP contribution in [0, 0.1) is 0 Å². The van der Waals surface area contributed by atoms with Crippen molar-refractivity contribution in [2.75, 3.05) is 72.8 Å². The minimum absolute atomic E-state index is 0. The van der Waals surface area contributed by atoms with Gasteiger partial charge in [0, 0.05) is 17.7 Å². The molecule has 0 radical (unpaired) electrons. The molecule has 0 aromatic heterocycles. The Balaban J connectivity index is -0.000000514. The third-order valence-corrected chi connectivity index (χ3v) is 5.88. The number of ether oxygens (including phenoxy) is 2. The molecule has 0 aromatic carbocycles. The smallest absolute Gasteiger partial charge is 0.337 e. The van der Waals surface area contributed by atoms with Crippen molar-refractivity contribution in [3.63, 3.8) is 0 Å². The van der Waals surface area contributed by atoms with E-state index in [-0.39, 0.29) is 49.3 Å². The molecule has 0 atom stereocenters. The van der Waals surface area contributed by atoms with Gasteiger partial charge in [-0.3, -0.25) is 8.74 Å². The van der Waals surface area contributed by atoms with Gasteiger partial charge in [0.05, 0.1) is 18.1 Å². The molecule has 0 aromatic rings. The molecule has 13 nitrogen and oxygen atoms in total. The van der Waals surface area contributed by atoms with Gasteiger partial charge in [-0.05, 0) is 40.8 Å². The number of nitrogens with zero attached hydrogens (tertiary/aromatic N) is 2. The zero-order chi connectivity index (χ0) is 28.6. The summed E-state index contributed by atoms with van der Waals surface area (Å²) in [4.78, 5) is 29.2. The third-order valence-electron chi connectivity index (χ3n) is 3.76. The third kappa shape index (κ3) is 27.0. The van der Waals surface area contributed by atoms with E-state index < -0.39 is 26.2 Å². The monoisotopic (exact) mass is 577 g/mol. The molecule has 0 saturated carbocycles. The Labute approximate surface area is 222 Å². The van der Waals surface area contributed by atoms with Gasteiger partial charge in [-0.1, -0.05) is 20.6 Å². The van der Waals surface area contributed by atoms with Crippen LogP contribution in [0.25, 0.3) is 0 Å². The summed E-state index contributed by atoms with van der Waals surface area (Å²) < 4.78 is 63.8. The van der Waals surface area contributed by atoms with Crippen LogP contribution in [0.2, 0.25) is 0 Å². The number of quaternary nitrogens is 1. The number of carbonyl (C=O) groups excluding carboxylic acids is 2. The van der Waals surface area contributed by atoms with Crippen LogP contribution in [0.3, 0.4) is 0 Å². The molecule has 1 N–H and O–H groups in total. The summed E-state index contributed by atoms with van der Waals surface area (Å²) >= 11 is 0. The topological polar surface area (TPSA) is 163 Å². The molecule has 1 saturated heterocycles. The molecule has 0 amide bonds. The molecular formula is C22H45N2O11S2+. The lowest BCUT2D eigenvalue weighted by Gasteiger charge is -2.25. The molecule has 220 valence electrons. The number of hydrogen-bond donors (Lipinski definition) is 1. The highest BCUT2D eigenvalue weighted by Crippen LogP contribution is 2.05. The Morgan fingerprint density at radius 2 is 1.57 bits per heavy atom. The maximum absolute atomic E-state index is 11.2. The summed E-state index contributed by atoms with van der Waals surface area (Å²) in [5, 5.41) is 0. The minimum Gasteiger partial charge on any atom is -0.461 e. The van der Waals surface area contributed by atoms with Gasteiger partial charge in [-0.25, -0.2) is 14.4 Å². The SMILES string of the molecule is C.C=C(C)C(=O)OCCN(C)C.C=C(C)C(=O)OC[N+](C)(C)OCCCS(=O)(=O)O.O=S1(=O)CCCO1. The second-order valence-corrected chi connectivity index (χ2v) is 11.9. The zero-order valence-corrected chi connectivity index (χ0v) is 23.7. The number of hydroxylamine groups is 3. The maximum Gasteiger partial charge on any atom is 0.337 e. The van der Waals surface area contributed by atoms with Gasteiger partial charge < -0.3 is 14.4 Å². The van der Waals surface area contributed by atoms with Crippen LogP contribution < -0.4 is 0 Å². The predicted molar refractivity (Wildman–Crippen MR) is 140 cm³/mol. The second kappa shape index (κ2) is 19.2. The van der Waals surface area contributed by atoms with Crippen LogP contribution in [0.5, 0.6) is 0 Å². The fourth-order valence-corrected chi connectivity index (χ4v) is 3.30. The molecule has 0 spiro atoms. The standard InChI is InChI=1S/C10H19NO6S.C8H15NO2.C3H6O3S.CH4/c1-9(2)10(12)16-8-11(3,4)17-6-5-7-18(13,14)15;1-7(2)8(10)11-6-5-9(3)4;4-7(5)3-1-2-6-7;/h1,5-8H2,2-4H3;1,5-6H2,2-4H3;1-3H2;1H4/p+1. The minimum atomic E-state index is -3.96. The van der Waals surface area contributed by atoms with E-state index in [9.17, 15) is 26.4 Å². The number of esters is 2. The summed E-state index contributed by atoms with van der Waals surface area (Å²) in [6.07, 6.45) is 0.817. The van der Waals surface area contributed by atoms with Crippen LogP contribution in [-0.2, 0) is 48.3 Å². The molecule has 0 aliphatic carbocycles. The van der Waals surface area contributed by atoms with Crippen LogP contribution >= 0.6 is 0 Å². The van der Waals surface area contributed by atoms with Crippen molar-refractivity contribution in [3.8, 4) is 0 Å². The number of carbonyl (C=O) groups is 2.